The van der Waals surface area contributed by atoms with Gasteiger partial charge in [0.25, 0.3) is 0 Å². The smallest absolute Gasteiger partial charge is 0.322 e. The molecule has 1 aliphatic rings. The van der Waals surface area contributed by atoms with Crippen molar-refractivity contribution in [2.24, 2.45) is 0 Å². The monoisotopic (exact) mass is 495 g/mol. The number of nitrogens with one attached hydrogen (secondary N) is 1. The summed E-state index contributed by atoms with van der Waals surface area (Å²) in [6.45, 7) is 3.48. The van der Waals surface area contributed by atoms with Crippen LogP contribution < -0.4 is 14.8 Å². The molecule has 2 aromatic carbocycles. The van der Waals surface area contributed by atoms with Crippen molar-refractivity contribution < 1.29 is 23.8 Å². The standard InChI is InChI=1S/C26H29N3O5S/c1-19-6-3-4-8-22(19)27-26(31)28(11-12-32-2)17-25(30)29(16-21-7-5-13-35-21)15-20-9-10-23-24(14-20)34-18-33-23/h3-10,13-14H,11-12,15-18H2,1-2H3,(H,27,31). The Morgan fingerprint density at radius 3 is 2.63 bits per heavy atom. The van der Waals surface area contributed by atoms with Crippen LogP contribution in [0, 0.1) is 6.92 Å². The molecular formula is C26H29N3O5S. The van der Waals surface area contributed by atoms with Gasteiger partial charge in [-0.15, -0.1) is 11.3 Å². The maximum Gasteiger partial charge on any atom is 0.322 e. The maximum atomic E-state index is 13.5. The molecule has 0 aliphatic carbocycles. The van der Waals surface area contributed by atoms with Gasteiger partial charge in [0, 0.05) is 30.8 Å². The fourth-order valence-electron chi connectivity index (χ4n) is 3.71. The van der Waals surface area contributed by atoms with Crippen LogP contribution in [0.4, 0.5) is 10.5 Å². The second kappa shape index (κ2) is 11.7. The molecule has 4 rings (SSSR count). The molecule has 3 amide bonds. The first-order valence-corrected chi connectivity index (χ1v) is 12.2. The van der Waals surface area contributed by atoms with Crippen LogP contribution in [0.25, 0.3) is 0 Å². The Bertz CT molecular complexity index is 1150. The van der Waals surface area contributed by atoms with E-state index in [1.807, 2.05) is 66.9 Å². The van der Waals surface area contributed by atoms with Crippen molar-refractivity contribution >= 4 is 29.0 Å². The number of carbonyl (C=O) groups is 2. The van der Waals surface area contributed by atoms with Gasteiger partial charge in [0.05, 0.1) is 13.2 Å². The largest absolute Gasteiger partial charge is 0.454 e. The minimum absolute atomic E-state index is 0.0724. The molecule has 0 spiro atoms. The van der Waals surface area contributed by atoms with Gasteiger partial charge >= 0.3 is 6.03 Å². The number of benzene rings is 2. The molecule has 2 heterocycles. The molecule has 0 fully saturated rings. The van der Waals surface area contributed by atoms with E-state index in [1.54, 1.807) is 23.3 Å². The van der Waals surface area contributed by atoms with Crippen molar-refractivity contribution in [1.82, 2.24) is 9.80 Å². The lowest BCUT2D eigenvalue weighted by Gasteiger charge is -2.28. The Kier molecular flexibility index (Phi) is 8.23. The topological polar surface area (TPSA) is 80.3 Å². The molecule has 3 aromatic rings. The number of thiophene rings is 1. The predicted octanol–water partition coefficient (Wildman–Crippen LogP) is 4.49. The molecule has 0 saturated carbocycles. The molecule has 9 heteroatoms. The second-order valence-corrected chi connectivity index (χ2v) is 9.21. The third-order valence-electron chi connectivity index (χ3n) is 5.66. The highest BCUT2D eigenvalue weighted by Crippen LogP contribution is 2.33. The van der Waals surface area contributed by atoms with E-state index < -0.39 is 0 Å². The molecule has 184 valence electrons. The van der Waals surface area contributed by atoms with Gasteiger partial charge in [-0.25, -0.2) is 4.79 Å². The van der Waals surface area contributed by atoms with Gasteiger partial charge in [-0.3, -0.25) is 4.79 Å². The van der Waals surface area contributed by atoms with Crippen LogP contribution in [-0.4, -0.2) is 55.3 Å². The fraction of sp³-hybridized carbons (Fsp3) is 0.308. The number of urea groups is 1. The van der Waals surface area contributed by atoms with E-state index in [9.17, 15) is 9.59 Å². The highest BCUT2D eigenvalue weighted by atomic mass is 32.1. The van der Waals surface area contributed by atoms with Crippen LogP contribution in [0.1, 0.15) is 16.0 Å². The van der Waals surface area contributed by atoms with E-state index in [-0.39, 0.29) is 31.8 Å². The van der Waals surface area contributed by atoms with Gasteiger partial charge in [0.2, 0.25) is 12.7 Å². The van der Waals surface area contributed by atoms with Crippen molar-refractivity contribution in [3.05, 3.63) is 76.0 Å². The number of fused-ring (bicyclic) bond motifs is 1. The van der Waals surface area contributed by atoms with Crippen LogP contribution in [0.5, 0.6) is 11.5 Å². The number of nitrogens with zero attached hydrogens (tertiary/aromatic N) is 2. The summed E-state index contributed by atoms with van der Waals surface area (Å²) < 4.78 is 16.1. The van der Waals surface area contributed by atoms with Gasteiger partial charge in [0.15, 0.2) is 11.5 Å². The Hall–Kier alpha value is -3.56. The van der Waals surface area contributed by atoms with E-state index in [4.69, 9.17) is 14.2 Å². The number of aryl methyl sites for hydroxylation is 1. The first kappa shape index (κ1) is 24.6. The summed E-state index contributed by atoms with van der Waals surface area (Å²) in [4.78, 5) is 30.9. The van der Waals surface area contributed by atoms with E-state index in [2.05, 4.69) is 5.32 Å². The van der Waals surface area contributed by atoms with Crippen molar-refractivity contribution in [3.8, 4) is 11.5 Å². The molecule has 1 aliphatic heterocycles. The van der Waals surface area contributed by atoms with Crippen LogP contribution in [-0.2, 0) is 22.6 Å². The van der Waals surface area contributed by atoms with Gasteiger partial charge < -0.3 is 29.3 Å². The zero-order valence-corrected chi connectivity index (χ0v) is 20.7. The average Bonchev–Trinajstić information content (AvgIpc) is 3.54. The van der Waals surface area contributed by atoms with Gasteiger partial charge in [-0.05, 0) is 47.7 Å². The lowest BCUT2D eigenvalue weighted by Crippen LogP contribution is -2.45. The minimum atomic E-state index is -0.344. The molecule has 0 saturated heterocycles. The Morgan fingerprint density at radius 1 is 1.03 bits per heavy atom. The molecule has 0 atom stereocenters. The zero-order chi connectivity index (χ0) is 24.6. The van der Waals surface area contributed by atoms with E-state index >= 15 is 0 Å². The summed E-state index contributed by atoms with van der Waals surface area (Å²) in [5, 5.41) is 4.90. The number of para-hydroxylation sites is 1. The third kappa shape index (κ3) is 6.52. The molecule has 8 nitrogen and oxygen atoms in total. The van der Waals surface area contributed by atoms with Crippen LogP contribution >= 0.6 is 11.3 Å². The highest BCUT2D eigenvalue weighted by molar-refractivity contribution is 7.09. The lowest BCUT2D eigenvalue weighted by atomic mass is 10.2. The number of ether oxygens (including phenoxy) is 3. The average molecular weight is 496 g/mol. The number of rotatable bonds is 10. The number of carbonyl (C=O) groups excluding carboxylic acids is 2. The van der Waals surface area contributed by atoms with Crippen LogP contribution in [0.15, 0.2) is 60.0 Å². The van der Waals surface area contributed by atoms with Crippen molar-refractivity contribution in [2.75, 3.05) is 38.9 Å². The fourth-order valence-corrected chi connectivity index (χ4v) is 4.43. The van der Waals surface area contributed by atoms with Gasteiger partial charge in [-0.2, -0.15) is 0 Å². The first-order chi connectivity index (χ1) is 17.0. The van der Waals surface area contributed by atoms with Crippen LogP contribution in [0.2, 0.25) is 0 Å². The molecule has 1 N–H and O–H groups in total. The lowest BCUT2D eigenvalue weighted by molar-refractivity contribution is -0.133. The van der Waals surface area contributed by atoms with E-state index in [1.165, 1.54) is 4.90 Å². The summed E-state index contributed by atoms with van der Waals surface area (Å²) in [7, 11) is 1.57. The minimum Gasteiger partial charge on any atom is -0.454 e. The Morgan fingerprint density at radius 2 is 1.86 bits per heavy atom. The van der Waals surface area contributed by atoms with Crippen LogP contribution in [0.3, 0.4) is 0 Å². The quantitative estimate of drug-likeness (QED) is 0.448. The summed E-state index contributed by atoms with van der Waals surface area (Å²) in [6, 6.07) is 16.8. The summed E-state index contributed by atoms with van der Waals surface area (Å²) in [5.74, 6) is 1.21. The summed E-state index contributed by atoms with van der Waals surface area (Å²) >= 11 is 1.59. The van der Waals surface area contributed by atoms with Gasteiger partial charge in [0.1, 0.15) is 6.54 Å². The van der Waals surface area contributed by atoms with E-state index in [0.717, 1.165) is 16.0 Å². The number of hydrogen-bond acceptors (Lipinski definition) is 6. The first-order valence-electron chi connectivity index (χ1n) is 11.3. The third-order valence-corrected chi connectivity index (χ3v) is 6.52. The predicted molar refractivity (Wildman–Crippen MR) is 135 cm³/mol. The number of hydrogen-bond donors (Lipinski definition) is 1. The maximum absolute atomic E-state index is 13.5. The number of anilines is 1. The summed E-state index contributed by atoms with van der Waals surface area (Å²) in [6.07, 6.45) is 0. The Labute approximate surface area is 209 Å². The van der Waals surface area contributed by atoms with Crippen molar-refractivity contribution in [2.45, 2.75) is 20.0 Å². The Balaban J connectivity index is 1.50. The zero-order valence-electron chi connectivity index (χ0n) is 19.9. The SMILES string of the molecule is COCCN(CC(=O)N(Cc1ccc2c(c1)OCO2)Cc1cccs1)C(=O)Nc1ccccc1C. The molecule has 1 aromatic heterocycles. The van der Waals surface area contributed by atoms with Crippen molar-refractivity contribution in [3.63, 3.8) is 0 Å². The molecule has 0 unspecified atom stereocenters. The molecular weight excluding hydrogens is 466 g/mol. The number of amides is 3. The normalized spacial score (nSPS) is 11.8. The number of methoxy groups -OCH3 is 1. The molecule has 35 heavy (non-hydrogen) atoms. The van der Waals surface area contributed by atoms with Crippen molar-refractivity contribution in [1.29, 1.82) is 0 Å². The summed E-state index contributed by atoms with van der Waals surface area (Å²) in [5.41, 5.74) is 2.58. The second-order valence-electron chi connectivity index (χ2n) is 8.18. The molecule has 0 radical (unpaired) electrons. The highest BCUT2D eigenvalue weighted by Gasteiger charge is 2.23. The van der Waals surface area contributed by atoms with Gasteiger partial charge in [-0.1, -0.05) is 30.3 Å². The van der Waals surface area contributed by atoms with E-state index in [0.29, 0.717) is 36.9 Å². The molecule has 0 bridgehead atoms.